The van der Waals surface area contributed by atoms with Crippen LogP contribution < -0.4 is 0 Å². The maximum atomic E-state index is 13.0. The minimum atomic E-state index is -3.59. The van der Waals surface area contributed by atoms with Crippen molar-refractivity contribution < 1.29 is 17.9 Å². The van der Waals surface area contributed by atoms with Crippen molar-refractivity contribution in [2.24, 2.45) is 0 Å². The van der Waals surface area contributed by atoms with Crippen molar-refractivity contribution in [2.45, 2.75) is 36.6 Å². The maximum absolute atomic E-state index is 13.0. The van der Waals surface area contributed by atoms with E-state index in [1.54, 1.807) is 35.0 Å². The number of methoxy groups -OCH3 is 1. The van der Waals surface area contributed by atoms with Crippen LogP contribution in [0.15, 0.2) is 35.5 Å². The standard InChI is InChI=1S/C20H27N5O4S/c1-29-12-11-23-8-4-10-25-19(20(23)26)13-18(22-25)16-5-3-9-24(15-16)30(27,28)17-6-2-7-21-14-17/h2,6-7,13-14,16H,3-5,8-12,15H2,1H3. The van der Waals surface area contributed by atoms with Crippen molar-refractivity contribution >= 4 is 15.9 Å². The molecule has 2 aliphatic heterocycles. The molecule has 30 heavy (non-hydrogen) atoms. The molecule has 0 aromatic carbocycles. The van der Waals surface area contributed by atoms with Crippen molar-refractivity contribution in [2.75, 3.05) is 39.9 Å². The van der Waals surface area contributed by atoms with Crippen LogP contribution >= 0.6 is 0 Å². The van der Waals surface area contributed by atoms with Crippen LogP contribution in [-0.4, -0.2) is 78.2 Å². The van der Waals surface area contributed by atoms with Gasteiger partial charge < -0.3 is 9.64 Å². The fraction of sp³-hybridized carbons (Fsp3) is 0.550. The second-order valence-corrected chi connectivity index (χ2v) is 9.65. The van der Waals surface area contributed by atoms with Crippen LogP contribution in [0.4, 0.5) is 0 Å². The molecule has 10 heteroatoms. The molecule has 1 unspecified atom stereocenters. The van der Waals surface area contributed by atoms with Crippen LogP contribution in [0.2, 0.25) is 0 Å². The normalized spacial score (nSPS) is 20.8. The zero-order chi connectivity index (χ0) is 21.1. The Morgan fingerprint density at radius 3 is 2.87 bits per heavy atom. The predicted molar refractivity (Wildman–Crippen MR) is 110 cm³/mol. The van der Waals surface area contributed by atoms with Crippen LogP contribution in [0, 0.1) is 0 Å². The quantitative estimate of drug-likeness (QED) is 0.682. The van der Waals surface area contributed by atoms with Crippen LogP contribution in [0.1, 0.15) is 41.4 Å². The van der Waals surface area contributed by atoms with Gasteiger partial charge in [-0.15, -0.1) is 0 Å². The third-order valence-electron chi connectivity index (χ3n) is 5.74. The molecule has 9 nitrogen and oxygen atoms in total. The second-order valence-electron chi connectivity index (χ2n) is 7.71. The van der Waals surface area contributed by atoms with Gasteiger partial charge in [0.2, 0.25) is 10.0 Å². The molecule has 0 spiro atoms. The van der Waals surface area contributed by atoms with E-state index in [1.807, 2.05) is 6.07 Å². The molecule has 1 fully saturated rings. The second kappa shape index (κ2) is 8.83. The van der Waals surface area contributed by atoms with Gasteiger partial charge in [-0.1, -0.05) is 0 Å². The number of nitrogens with zero attached hydrogens (tertiary/aromatic N) is 5. The van der Waals surface area contributed by atoms with Gasteiger partial charge in [0.15, 0.2) is 0 Å². The van der Waals surface area contributed by atoms with Crippen molar-refractivity contribution in [3.63, 3.8) is 0 Å². The van der Waals surface area contributed by atoms with Gasteiger partial charge in [-0.05, 0) is 37.5 Å². The fourth-order valence-electron chi connectivity index (χ4n) is 4.12. The SMILES string of the molecule is COCCN1CCCn2nc(C3CCCN(S(=O)(=O)c4cccnc4)C3)cc2C1=O. The zero-order valence-corrected chi connectivity index (χ0v) is 17.9. The van der Waals surface area contributed by atoms with Gasteiger partial charge in [0.05, 0.1) is 12.3 Å². The summed E-state index contributed by atoms with van der Waals surface area (Å²) in [6, 6.07) is 5.04. The summed E-state index contributed by atoms with van der Waals surface area (Å²) in [7, 11) is -1.97. The molecule has 1 saturated heterocycles. The van der Waals surface area contributed by atoms with E-state index >= 15 is 0 Å². The molecule has 0 bridgehead atoms. The highest BCUT2D eigenvalue weighted by Gasteiger charge is 2.33. The van der Waals surface area contributed by atoms with Crippen molar-refractivity contribution in [3.05, 3.63) is 42.0 Å². The summed E-state index contributed by atoms with van der Waals surface area (Å²) in [5, 5.41) is 4.69. The van der Waals surface area contributed by atoms with Crippen LogP contribution in [0.5, 0.6) is 0 Å². The number of carbonyl (C=O) groups excluding carboxylic acids is 1. The Kier molecular flexibility index (Phi) is 6.16. The molecule has 0 aliphatic carbocycles. The Morgan fingerprint density at radius 1 is 1.23 bits per heavy atom. The first-order chi connectivity index (χ1) is 14.5. The first-order valence-electron chi connectivity index (χ1n) is 10.3. The van der Waals surface area contributed by atoms with Gasteiger partial charge in [0.25, 0.3) is 5.91 Å². The van der Waals surface area contributed by atoms with Crippen LogP contribution in [0.25, 0.3) is 0 Å². The minimum absolute atomic E-state index is 0.0372. The smallest absolute Gasteiger partial charge is 0.272 e. The van der Waals surface area contributed by atoms with E-state index in [2.05, 4.69) is 4.98 Å². The van der Waals surface area contributed by atoms with Gasteiger partial charge in [0, 0.05) is 58.1 Å². The average Bonchev–Trinajstić information content (AvgIpc) is 3.14. The molecule has 2 aromatic heterocycles. The van der Waals surface area contributed by atoms with E-state index in [1.165, 1.54) is 10.5 Å². The first-order valence-corrected chi connectivity index (χ1v) is 11.7. The molecule has 4 rings (SSSR count). The summed E-state index contributed by atoms with van der Waals surface area (Å²) < 4.78 is 34.4. The number of hydrogen-bond acceptors (Lipinski definition) is 6. The zero-order valence-electron chi connectivity index (χ0n) is 17.1. The number of amides is 1. The monoisotopic (exact) mass is 433 g/mol. The fourth-order valence-corrected chi connectivity index (χ4v) is 5.61. The third-order valence-corrected chi connectivity index (χ3v) is 7.59. The number of piperidine rings is 1. The van der Waals surface area contributed by atoms with E-state index in [-0.39, 0.29) is 16.7 Å². The molecular weight excluding hydrogens is 406 g/mol. The number of rotatable bonds is 6. The molecule has 0 radical (unpaired) electrons. The lowest BCUT2D eigenvalue weighted by Gasteiger charge is -2.31. The maximum Gasteiger partial charge on any atom is 0.272 e. The number of hydrogen-bond donors (Lipinski definition) is 0. The Bertz CT molecular complexity index is 992. The Hall–Kier alpha value is -2.30. The molecular formula is C20H27N5O4S. The number of ether oxygens (including phenoxy) is 1. The Labute approximate surface area is 176 Å². The minimum Gasteiger partial charge on any atom is -0.383 e. The first kappa shape index (κ1) is 21.0. The molecule has 2 aromatic rings. The van der Waals surface area contributed by atoms with E-state index in [9.17, 15) is 13.2 Å². The van der Waals surface area contributed by atoms with Gasteiger partial charge in [-0.3, -0.25) is 14.5 Å². The summed E-state index contributed by atoms with van der Waals surface area (Å²) in [4.78, 5) is 18.9. The topological polar surface area (TPSA) is 97.6 Å². The molecule has 1 atom stereocenters. The lowest BCUT2D eigenvalue weighted by molar-refractivity contribution is 0.0698. The van der Waals surface area contributed by atoms with Crippen molar-refractivity contribution in [1.82, 2.24) is 24.0 Å². The predicted octanol–water partition coefficient (Wildman–Crippen LogP) is 1.34. The molecule has 0 saturated carbocycles. The molecule has 0 N–H and O–H groups in total. The highest BCUT2D eigenvalue weighted by molar-refractivity contribution is 7.89. The van der Waals surface area contributed by atoms with Gasteiger partial charge in [-0.2, -0.15) is 9.40 Å². The van der Waals surface area contributed by atoms with Gasteiger partial charge in [-0.25, -0.2) is 8.42 Å². The lowest BCUT2D eigenvalue weighted by Crippen LogP contribution is -2.39. The summed E-state index contributed by atoms with van der Waals surface area (Å²) in [5.74, 6) is -0.0798. The molecule has 162 valence electrons. The number of fused-ring (bicyclic) bond motifs is 1. The molecule has 4 heterocycles. The highest BCUT2D eigenvalue weighted by atomic mass is 32.2. The van der Waals surface area contributed by atoms with Crippen molar-refractivity contribution in [3.8, 4) is 0 Å². The van der Waals surface area contributed by atoms with Gasteiger partial charge >= 0.3 is 0 Å². The number of sulfonamides is 1. The Balaban J connectivity index is 1.54. The van der Waals surface area contributed by atoms with E-state index in [0.29, 0.717) is 45.0 Å². The largest absolute Gasteiger partial charge is 0.383 e. The highest BCUT2D eigenvalue weighted by Crippen LogP contribution is 2.30. The Morgan fingerprint density at radius 2 is 2.10 bits per heavy atom. The number of carbonyl (C=O) groups is 1. The summed E-state index contributed by atoms with van der Waals surface area (Å²) >= 11 is 0. The number of aromatic nitrogens is 3. The van der Waals surface area contributed by atoms with Crippen molar-refractivity contribution in [1.29, 1.82) is 0 Å². The average molecular weight is 434 g/mol. The molecule has 2 aliphatic rings. The molecule has 1 amide bonds. The van der Waals surface area contributed by atoms with E-state index < -0.39 is 10.0 Å². The van der Waals surface area contributed by atoms with Crippen LogP contribution in [0.3, 0.4) is 0 Å². The summed E-state index contributed by atoms with van der Waals surface area (Å²) in [6.07, 6.45) is 5.36. The van der Waals surface area contributed by atoms with E-state index in [0.717, 1.165) is 25.0 Å². The summed E-state index contributed by atoms with van der Waals surface area (Å²) in [6.45, 7) is 3.24. The lowest BCUT2D eigenvalue weighted by atomic mass is 9.96. The third kappa shape index (κ3) is 4.12. The van der Waals surface area contributed by atoms with E-state index in [4.69, 9.17) is 9.84 Å². The van der Waals surface area contributed by atoms with Gasteiger partial charge in [0.1, 0.15) is 10.6 Å². The number of aryl methyl sites for hydroxylation is 1. The number of pyridine rings is 1. The summed E-state index contributed by atoms with van der Waals surface area (Å²) in [5.41, 5.74) is 1.36. The van der Waals surface area contributed by atoms with Crippen LogP contribution in [-0.2, 0) is 21.3 Å².